The summed E-state index contributed by atoms with van der Waals surface area (Å²) in [7, 11) is 0. The van der Waals surface area contributed by atoms with Gasteiger partial charge in [0.15, 0.2) is 0 Å². The van der Waals surface area contributed by atoms with Gasteiger partial charge in [-0.2, -0.15) is 5.10 Å². The van der Waals surface area contributed by atoms with Gasteiger partial charge in [0.1, 0.15) is 17.3 Å². The van der Waals surface area contributed by atoms with Gasteiger partial charge in [0.05, 0.1) is 22.0 Å². The Bertz CT molecular complexity index is 1380. The molecule has 34 heavy (non-hydrogen) atoms. The van der Waals surface area contributed by atoms with Crippen LogP contribution in [0, 0.1) is 0 Å². The van der Waals surface area contributed by atoms with E-state index in [2.05, 4.69) is 27.2 Å². The van der Waals surface area contributed by atoms with Gasteiger partial charge in [-0.15, -0.1) is 0 Å². The van der Waals surface area contributed by atoms with Crippen molar-refractivity contribution >= 4 is 46.1 Å². The molecule has 1 atom stereocenters. The molecule has 5 rings (SSSR count). The van der Waals surface area contributed by atoms with Gasteiger partial charge in [0.25, 0.3) is 5.91 Å². The van der Waals surface area contributed by atoms with Gasteiger partial charge in [-0.25, -0.2) is 9.97 Å². The lowest BCUT2D eigenvalue weighted by Gasteiger charge is -2.24. The first-order valence-corrected chi connectivity index (χ1v) is 11.5. The highest BCUT2D eigenvalue weighted by atomic mass is 35.5. The summed E-state index contributed by atoms with van der Waals surface area (Å²) >= 11 is 6.69. The van der Waals surface area contributed by atoms with Gasteiger partial charge >= 0.3 is 0 Å². The molecular formula is C25H24ClN7O. The minimum atomic E-state index is -0.300. The lowest BCUT2D eigenvalue weighted by Crippen LogP contribution is -2.32. The van der Waals surface area contributed by atoms with E-state index in [1.807, 2.05) is 4.68 Å². The second kappa shape index (κ2) is 9.24. The molecule has 3 aromatic heterocycles. The maximum atomic E-state index is 12.7. The zero-order chi connectivity index (χ0) is 23.7. The molecule has 172 valence electrons. The molecule has 4 N–H and O–H groups in total. The largest absolute Gasteiger partial charge is 0.383 e. The van der Waals surface area contributed by atoms with E-state index in [-0.39, 0.29) is 11.9 Å². The molecule has 0 spiro atoms. The fourth-order valence-electron chi connectivity index (χ4n) is 4.34. The number of benzene rings is 1. The Kier molecular flexibility index (Phi) is 6.00. The first-order valence-electron chi connectivity index (χ1n) is 11.1. The Morgan fingerprint density at radius 2 is 2.18 bits per heavy atom. The van der Waals surface area contributed by atoms with Gasteiger partial charge in [-0.05, 0) is 43.7 Å². The fraction of sp³-hybridized carbons (Fsp3) is 0.200. The van der Waals surface area contributed by atoms with E-state index in [0.29, 0.717) is 33.5 Å². The number of anilines is 2. The number of fused-ring (bicyclic) bond motifs is 1. The van der Waals surface area contributed by atoms with E-state index >= 15 is 0 Å². The molecule has 0 radical (unpaired) electrons. The van der Waals surface area contributed by atoms with Crippen molar-refractivity contribution in [1.29, 1.82) is 0 Å². The summed E-state index contributed by atoms with van der Waals surface area (Å²) in [6, 6.07) is 10.6. The molecule has 1 saturated heterocycles. The standard InChI is InChI=1S/C25H24ClN7O/c1-2-15-13-30-24(27)21-22(32-33(23(15)21)17-6-5-10-28-14-17)18-9-8-16(12-19(18)26)25(34)31-20-7-3-4-11-29-20/h2-4,7-9,11-13,17,28H,1,5-6,10,14H2,(H2,27,30)(H,29,31,34)/t17-/m1/s1. The van der Waals surface area contributed by atoms with Crippen molar-refractivity contribution in [3.63, 3.8) is 0 Å². The van der Waals surface area contributed by atoms with Gasteiger partial charge in [-0.3, -0.25) is 9.48 Å². The highest BCUT2D eigenvalue weighted by Gasteiger charge is 2.25. The molecule has 8 nitrogen and oxygen atoms in total. The number of nitrogens with one attached hydrogen (secondary N) is 2. The minimum Gasteiger partial charge on any atom is -0.383 e. The number of hydrogen-bond acceptors (Lipinski definition) is 6. The summed E-state index contributed by atoms with van der Waals surface area (Å²) in [5.74, 6) is 0.541. The van der Waals surface area contributed by atoms with Crippen LogP contribution in [0.1, 0.15) is 34.8 Å². The van der Waals surface area contributed by atoms with Gasteiger partial charge < -0.3 is 16.4 Å². The molecular weight excluding hydrogens is 450 g/mol. The van der Waals surface area contributed by atoms with Crippen LogP contribution in [0.4, 0.5) is 11.6 Å². The number of nitrogen functional groups attached to an aromatic ring is 1. The Hall–Kier alpha value is -3.75. The van der Waals surface area contributed by atoms with Crippen molar-refractivity contribution in [2.45, 2.75) is 18.9 Å². The molecule has 9 heteroatoms. The second-order valence-electron chi connectivity index (χ2n) is 8.18. The van der Waals surface area contributed by atoms with Crippen LogP contribution in [0.25, 0.3) is 28.2 Å². The lowest BCUT2D eigenvalue weighted by atomic mass is 10.0. The average molecular weight is 474 g/mol. The average Bonchev–Trinajstić information content (AvgIpc) is 3.27. The van der Waals surface area contributed by atoms with Crippen molar-refractivity contribution in [3.8, 4) is 11.3 Å². The van der Waals surface area contributed by atoms with Crippen molar-refractivity contribution in [2.75, 3.05) is 24.1 Å². The summed E-state index contributed by atoms with van der Waals surface area (Å²) in [5.41, 5.74) is 9.82. The maximum absolute atomic E-state index is 12.7. The normalized spacial score (nSPS) is 15.9. The molecule has 1 aromatic carbocycles. The molecule has 1 fully saturated rings. The SMILES string of the molecule is C=Cc1cnc(N)c2c(-c3ccc(C(=O)Nc4ccccn4)cc3Cl)nn([C@@H]3CCCNC3)c12. The number of nitrogens with zero attached hydrogens (tertiary/aromatic N) is 4. The quantitative estimate of drug-likeness (QED) is 0.392. The molecule has 4 heterocycles. The topological polar surface area (TPSA) is 111 Å². The van der Waals surface area contributed by atoms with E-state index < -0.39 is 0 Å². The minimum absolute atomic E-state index is 0.174. The van der Waals surface area contributed by atoms with Crippen molar-refractivity contribution < 1.29 is 4.79 Å². The number of nitrogens with two attached hydrogens (primary N) is 1. The molecule has 4 aromatic rings. The van der Waals surface area contributed by atoms with E-state index in [1.54, 1.807) is 54.9 Å². The summed E-state index contributed by atoms with van der Waals surface area (Å²) in [6.07, 6.45) is 7.16. The molecule has 1 aliphatic heterocycles. The van der Waals surface area contributed by atoms with E-state index in [0.717, 1.165) is 42.4 Å². The predicted molar refractivity (Wildman–Crippen MR) is 136 cm³/mol. The van der Waals surface area contributed by atoms with Crippen LogP contribution >= 0.6 is 11.6 Å². The summed E-state index contributed by atoms with van der Waals surface area (Å²) < 4.78 is 2.02. The third-order valence-corrected chi connectivity index (χ3v) is 6.32. The molecule has 0 unspecified atom stereocenters. The number of hydrogen-bond donors (Lipinski definition) is 3. The van der Waals surface area contributed by atoms with Gasteiger partial charge in [0, 0.05) is 35.6 Å². The molecule has 1 aliphatic rings. The third-order valence-electron chi connectivity index (χ3n) is 6.01. The highest BCUT2D eigenvalue weighted by Crippen LogP contribution is 2.39. The number of piperidine rings is 1. The van der Waals surface area contributed by atoms with E-state index in [9.17, 15) is 4.79 Å². The molecule has 1 amide bonds. The zero-order valence-corrected chi connectivity index (χ0v) is 19.2. The summed E-state index contributed by atoms with van der Waals surface area (Å²) in [6.45, 7) is 5.76. The predicted octanol–water partition coefficient (Wildman–Crippen LogP) is 4.55. The summed E-state index contributed by atoms with van der Waals surface area (Å²) in [4.78, 5) is 21.2. The Morgan fingerprint density at radius 3 is 2.88 bits per heavy atom. The Balaban J connectivity index is 1.59. The Morgan fingerprint density at radius 1 is 1.29 bits per heavy atom. The number of rotatable bonds is 5. The zero-order valence-electron chi connectivity index (χ0n) is 18.5. The smallest absolute Gasteiger partial charge is 0.256 e. The van der Waals surface area contributed by atoms with Crippen molar-refractivity contribution in [2.24, 2.45) is 0 Å². The number of halogens is 1. The van der Waals surface area contributed by atoms with Crippen molar-refractivity contribution in [1.82, 2.24) is 25.1 Å². The van der Waals surface area contributed by atoms with Gasteiger partial charge in [-0.1, -0.05) is 36.4 Å². The lowest BCUT2D eigenvalue weighted by molar-refractivity contribution is 0.102. The van der Waals surface area contributed by atoms with Crippen LogP contribution in [0.3, 0.4) is 0 Å². The highest BCUT2D eigenvalue weighted by molar-refractivity contribution is 6.34. The molecule has 0 saturated carbocycles. The van der Waals surface area contributed by atoms with E-state index in [4.69, 9.17) is 22.4 Å². The van der Waals surface area contributed by atoms with Crippen LogP contribution in [-0.2, 0) is 0 Å². The van der Waals surface area contributed by atoms with Gasteiger partial charge in [0.2, 0.25) is 0 Å². The van der Waals surface area contributed by atoms with Crippen LogP contribution in [0.5, 0.6) is 0 Å². The number of carbonyl (C=O) groups is 1. The number of amides is 1. The van der Waals surface area contributed by atoms with Crippen LogP contribution < -0.4 is 16.4 Å². The second-order valence-corrected chi connectivity index (χ2v) is 8.59. The Labute approximate surface area is 201 Å². The number of pyridine rings is 2. The third kappa shape index (κ3) is 4.02. The maximum Gasteiger partial charge on any atom is 0.256 e. The molecule has 0 aliphatic carbocycles. The number of carbonyl (C=O) groups excluding carboxylic acids is 1. The molecule has 0 bridgehead atoms. The van der Waals surface area contributed by atoms with Crippen LogP contribution in [0.2, 0.25) is 5.02 Å². The van der Waals surface area contributed by atoms with Crippen molar-refractivity contribution in [3.05, 3.63) is 71.5 Å². The van der Waals surface area contributed by atoms with Crippen LogP contribution in [-0.4, -0.2) is 38.7 Å². The number of aromatic nitrogens is 4. The van der Waals surface area contributed by atoms with Crippen LogP contribution in [0.15, 0.2) is 55.4 Å². The first kappa shape index (κ1) is 22.1. The fourth-order valence-corrected chi connectivity index (χ4v) is 4.61. The first-order chi connectivity index (χ1) is 16.6. The summed E-state index contributed by atoms with van der Waals surface area (Å²) in [5, 5.41) is 12.3. The monoisotopic (exact) mass is 473 g/mol. The van der Waals surface area contributed by atoms with E-state index in [1.165, 1.54) is 0 Å².